The number of amides is 1. The van der Waals surface area contributed by atoms with Gasteiger partial charge in [-0.25, -0.2) is 9.79 Å². The standard InChI is InChI=1S/C33H29N3O6S/c1-5-42-32(39)26-19(2)34-33-36(28(26)23-17-21(40-3)15-16-25(23)41-4)31(38)29(43-33)27-22-13-9-10-14-24(22)35(30(27)37)18-20-11-7-6-8-12-20/h6-17,28H,5,18H2,1-4H3/b29-27-/t28-/m0/s1. The van der Waals surface area contributed by atoms with Crippen molar-refractivity contribution in [2.75, 3.05) is 25.7 Å². The minimum atomic E-state index is -0.929. The SMILES string of the molecule is CCOC(=O)C1=C(C)N=c2s/c(=C3\C(=O)N(Cc4ccccc4)c4ccccc43)c(=O)n2[C@H]1c1cc(OC)ccc1OC. The highest BCUT2D eigenvalue weighted by atomic mass is 32.1. The van der Waals surface area contributed by atoms with E-state index in [0.29, 0.717) is 45.2 Å². The fourth-order valence-electron chi connectivity index (χ4n) is 5.61. The van der Waals surface area contributed by atoms with Crippen LogP contribution in [-0.2, 0) is 20.9 Å². The first kappa shape index (κ1) is 28.2. The van der Waals surface area contributed by atoms with Crippen molar-refractivity contribution in [2.45, 2.75) is 26.4 Å². The van der Waals surface area contributed by atoms with Gasteiger partial charge in [-0.1, -0.05) is 59.9 Å². The van der Waals surface area contributed by atoms with Gasteiger partial charge in [0, 0.05) is 11.1 Å². The molecule has 0 saturated heterocycles. The molecule has 10 heteroatoms. The molecule has 0 bridgehead atoms. The Bertz CT molecular complexity index is 1980. The normalized spacial score (nSPS) is 16.9. The summed E-state index contributed by atoms with van der Waals surface area (Å²) < 4.78 is 18.3. The molecule has 2 aliphatic rings. The lowest BCUT2D eigenvalue weighted by Crippen LogP contribution is -2.41. The molecule has 0 fully saturated rings. The van der Waals surface area contributed by atoms with Crippen LogP contribution in [0.3, 0.4) is 0 Å². The number of carbonyl (C=O) groups excluding carboxylic acids is 2. The van der Waals surface area contributed by atoms with E-state index in [1.54, 1.807) is 36.9 Å². The molecule has 0 saturated carbocycles. The Balaban J connectivity index is 1.61. The molecule has 0 aliphatic carbocycles. The van der Waals surface area contributed by atoms with Crippen molar-refractivity contribution in [3.63, 3.8) is 0 Å². The lowest BCUT2D eigenvalue weighted by Gasteiger charge is -2.26. The number of thiazole rings is 1. The average Bonchev–Trinajstić information content (AvgIpc) is 3.48. The third-order valence-corrected chi connectivity index (χ3v) is 8.61. The predicted octanol–water partition coefficient (Wildman–Crippen LogP) is 3.73. The molecule has 0 radical (unpaired) electrons. The third kappa shape index (κ3) is 4.73. The Kier molecular flexibility index (Phi) is 7.45. The minimum Gasteiger partial charge on any atom is -0.497 e. The van der Waals surface area contributed by atoms with Gasteiger partial charge in [-0.3, -0.25) is 14.2 Å². The quantitative estimate of drug-likeness (QED) is 0.302. The van der Waals surface area contributed by atoms with Crippen molar-refractivity contribution in [1.29, 1.82) is 0 Å². The molecule has 9 nitrogen and oxygen atoms in total. The third-order valence-electron chi connectivity index (χ3n) is 7.56. The Labute approximate surface area is 251 Å². The number of allylic oxidation sites excluding steroid dienone is 1. The molecule has 3 aromatic carbocycles. The number of aromatic nitrogens is 1. The van der Waals surface area contributed by atoms with E-state index in [0.717, 1.165) is 22.6 Å². The van der Waals surface area contributed by atoms with Crippen molar-refractivity contribution in [2.24, 2.45) is 4.99 Å². The molecule has 1 atom stereocenters. The first-order chi connectivity index (χ1) is 20.9. The van der Waals surface area contributed by atoms with E-state index >= 15 is 0 Å². The minimum absolute atomic E-state index is 0.148. The van der Waals surface area contributed by atoms with Crippen LogP contribution in [0.15, 0.2) is 93.9 Å². The van der Waals surface area contributed by atoms with Crippen molar-refractivity contribution in [1.82, 2.24) is 4.57 Å². The van der Waals surface area contributed by atoms with Crippen LogP contribution in [0.1, 0.15) is 36.6 Å². The molecule has 6 rings (SSSR count). The molecule has 43 heavy (non-hydrogen) atoms. The number of hydrogen-bond acceptors (Lipinski definition) is 8. The molecule has 3 heterocycles. The summed E-state index contributed by atoms with van der Waals surface area (Å²) in [7, 11) is 3.06. The summed E-state index contributed by atoms with van der Waals surface area (Å²) >= 11 is 1.13. The zero-order valence-electron chi connectivity index (χ0n) is 24.1. The summed E-state index contributed by atoms with van der Waals surface area (Å²) in [5.74, 6) is 0.118. The number of hydrogen-bond donors (Lipinski definition) is 0. The highest BCUT2D eigenvalue weighted by molar-refractivity contribution is 7.07. The Morgan fingerprint density at radius 2 is 1.72 bits per heavy atom. The van der Waals surface area contributed by atoms with Crippen LogP contribution >= 0.6 is 11.3 Å². The zero-order chi connectivity index (χ0) is 30.2. The lowest BCUT2D eigenvalue weighted by molar-refractivity contribution is -0.139. The second-order valence-electron chi connectivity index (χ2n) is 10.00. The second kappa shape index (κ2) is 11.4. The van der Waals surface area contributed by atoms with Crippen LogP contribution in [0.5, 0.6) is 11.5 Å². The highest BCUT2D eigenvalue weighted by Gasteiger charge is 2.38. The monoisotopic (exact) mass is 595 g/mol. The summed E-state index contributed by atoms with van der Waals surface area (Å²) in [5.41, 5.74) is 3.39. The molecule has 0 unspecified atom stereocenters. The van der Waals surface area contributed by atoms with Crippen LogP contribution in [0.4, 0.5) is 5.69 Å². The summed E-state index contributed by atoms with van der Waals surface area (Å²) in [4.78, 5) is 48.7. The number of ether oxygens (including phenoxy) is 3. The topological polar surface area (TPSA) is 99.4 Å². The van der Waals surface area contributed by atoms with E-state index in [2.05, 4.69) is 4.99 Å². The maximum Gasteiger partial charge on any atom is 0.338 e. The van der Waals surface area contributed by atoms with E-state index in [4.69, 9.17) is 14.2 Å². The van der Waals surface area contributed by atoms with Crippen LogP contribution in [0, 0.1) is 0 Å². The van der Waals surface area contributed by atoms with Crippen molar-refractivity contribution in [3.8, 4) is 11.5 Å². The van der Waals surface area contributed by atoms with Gasteiger partial charge in [-0.15, -0.1) is 0 Å². The highest BCUT2D eigenvalue weighted by Crippen LogP contribution is 2.39. The van der Waals surface area contributed by atoms with Gasteiger partial charge in [-0.2, -0.15) is 0 Å². The fraction of sp³-hybridized carbons (Fsp3) is 0.212. The summed E-state index contributed by atoms with van der Waals surface area (Å²) in [6.45, 7) is 3.93. The zero-order valence-corrected chi connectivity index (χ0v) is 24.9. The molecule has 4 aromatic rings. The molecule has 1 aromatic heterocycles. The summed E-state index contributed by atoms with van der Waals surface area (Å²) in [6, 6.07) is 21.4. The molecular formula is C33H29N3O6S. The molecule has 1 amide bonds. The Hall–Kier alpha value is -4.96. The van der Waals surface area contributed by atoms with Crippen molar-refractivity contribution in [3.05, 3.63) is 120 Å². The van der Waals surface area contributed by atoms with Crippen molar-refractivity contribution >= 4 is 34.5 Å². The maximum absolute atomic E-state index is 14.5. The van der Waals surface area contributed by atoms with Gasteiger partial charge in [0.1, 0.15) is 22.1 Å². The van der Waals surface area contributed by atoms with Crippen LogP contribution in [0.25, 0.3) is 5.57 Å². The van der Waals surface area contributed by atoms with Gasteiger partial charge >= 0.3 is 5.97 Å². The Morgan fingerprint density at radius 1 is 0.977 bits per heavy atom. The van der Waals surface area contributed by atoms with Crippen LogP contribution < -0.4 is 29.3 Å². The number of benzene rings is 3. The lowest BCUT2D eigenvalue weighted by atomic mass is 9.94. The van der Waals surface area contributed by atoms with E-state index in [1.807, 2.05) is 54.6 Å². The smallest absolute Gasteiger partial charge is 0.338 e. The number of rotatable bonds is 7. The van der Waals surface area contributed by atoms with E-state index in [-0.39, 0.29) is 22.6 Å². The number of methoxy groups -OCH3 is 2. The summed E-state index contributed by atoms with van der Waals surface area (Å²) in [6.07, 6.45) is 0. The van der Waals surface area contributed by atoms with Crippen LogP contribution in [-0.4, -0.2) is 37.3 Å². The average molecular weight is 596 g/mol. The van der Waals surface area contributed by atoms with Gasteiger partial charge in [0.25, 0.3) is 11.5 Å². The summed E-state index contributed by atoms with van der Waals surface area (Å²) in [5, 5.41) is 0. The van der Waals surface area contributed by atoms with Gasteiger partial charge in [0.05, 0.1) is 49.9 Å². The number of para-hydroxylation sites is 1. The van der Waals surface area contributed by atoms with Gasteiger partial charge in [0.2, 0.25) is 0 Å². The predicted molar refractivity (Wildman–Crippen MR) is 163 cm³/mol. The molecule has 2 aliphatic heterocycles. The molecule has 0 N–H and O–H groups in total. The number of esters is 1. The van der Waals surface area contributed by atoms with Gasteiger partial charge in [0.15, 0.2) is 4.80 Å². The fourth-order valence-corrected chi connectivity index (χ4v) is 6.75. The second-order valence-corrected chi connectivity index (χ2v) is 11.0. The van der Waals surface area contributed by atoms with E-state index < -0.39 is 17.6 Å². The molecule has 218 valence electrons. The van der Waals surface area contributed by atoms with E-state index in [1.165, 1.54) is 18.8 Å². The molecular weight excluding hydrogens is 566 g/mol. The molecule has 0 spiro atoms. The first-order valence-corrected chi connectivity index (χ1v) is 14.6. The van der Waals surface area contributed by atoms with Crippen LogP contribution in [0.2, 0.25) is 0 Å². The number of anilines is 1. The van der Waals surface area contributed by atoms with E-state index in [9.17, 15) is 14.4 Å². The largest absolute Gasteiger partial charge is 0.497 e. The van der Waals surface area contributed by atoms with Gasteiger partial charge < -0.3 is 19.1 Å². The Morgan fingerprint density at radius 3 is 2.44 bits per heavy atom. The number of nitrogens with zero attached hydrogens (tertiary/aromatic N) is 3. The number of carbonyl (C=O) groups is 2. The number of fused-ring (bicyclic) bond motifs is 2. The van der Waals surface area contributed by atoms with Crippen molar-refractivity contribution < 1.29 is 23.8 Å². The van der Waals surface area contributed by atoms with Gasteiger partial charge in [-0.05, 0) is 43.7 Å². The first-order valence-electron chi connectivity index (χ1n) is 13.8. The maximum atomic E-state index is 14.5.